The van der Waals surface area contributed by atoms with E-state index in [1.54, 1.807) is 18.2 Å². The molecule has 7 heteroatoms. The van der Waals surface area contributed by atoms with Crippen LogP contribution in [0.5, 0.6) is 0 Å². The molecular weight excluding hydrogens is 328 g/mol. The van der Waals surface area contributed by atoms with E-state index in [0.29, 0.717) is 16.6 Å². The average Bonchev–Trinajstić information content (AvgIpc) is 2.61. The highest BCUT2D eigenvalue weighted by atomic mass is 19.2. The fourth-order valence-corrected chi connectivity index (χ4v) is 2.41. The van der Waals surface area contributed by atoms with Crippen LogP contribution < -0.4 is 10.9 Å². The van der Waals surface area contributed by atoms with Crippen molar-refractivity contribution in [3.8, 4) is 0 Å². The van der Waals surface area contributed by atoms with Crippen molar-refractivity contribution in [3.63, 3.8) is 0 Å². The molecule has 25 heavy (non-hydrogen) atoms. The number of H-pyrrole nitrogens is 1. The molecule has 5 nitrogen and oxygen atoms in total. The Morgan fingerprint density at radius 2 is 1.92 bits per heavy atom. The molecule has 0 atom stereocenters. The zero-order chi connectivity index (χ0) is 17.8. The number of hydrogen-bond acceptors (Lipinski definition) is 3. The van der Waals surface area contributed by atoms with Crippen molar-refractivity contribution in [2.75, 3.05) is 0 Å². The Labute approximate surface area is 141 Å². The molecule has 2 N–H and O–H groups in total. The van der Waals surface area contributed by atoms with Crippen LogP contribution >= 0.6 is 0 Å². The molecule has 0 aliphatic carbocycles. The monoisotopic (exact) mass is 343 g/mol. The second-order valence-corrected chi connectivity index (χ2v) is 5.55. The molecule has 0 fully saturated rings. The van der Waals surface area contributed by atoms with Crippen molar-refractivity contribution in [1.29, 1.82) is 0 Å². The molecular formula is C18H15F2N3O2. The fourth-order valence-electron chi connectivity index (χ4n) is 2.41. The predicted molar refractivity (Wildman–Crippen MR) is 88.9 cm³/mol. The maximum absolute atomic E-state index is 13.1. The van der Waals surface area contributed by atoms with Gasteiger partial charge in [0.1, 0.15) is 5.69 Å². The van der Waals surface area contributed by atoms with E-state index >= 15 is 0 Å². The van der Waals surface area contributed by atoms with Crippen LogP contribution in [0, 0.1) is 11.6 Å². The highest BCUT2D eigenvalue weighted by Gasteiger charge is 2.09. The van der Waals surface area contributed by atoms with Gasteiger partial charge < -0.3 is 10.3 Å². The molecule has 0 saturated heterocycles. The van der Waals surface area contributed by atoms with Crippen molar-refractivity contribution in [2.24, 2.45) is 0 Å². The lowest BCUT2D eigenvalue weighted by molar-refractivity contribution is -0.121. The topological polar surface area (TPSA) is 74.8 Å². The van der Waals surface area contributed by atoms with Gasteiger partial charge in [0.15, 0.2) is 11.6 Å². The first-order chi connectivity index (χ1) is 12.0. The Morgan fingerprint density at radius 1 is 1.12 bits per heavy atom. The summed E-state index contributed by atoms with van der Waals surface area (Å²) in [6, 6.07) is 10.6. The normalized spacial score (nSPS) is 10.8. The van der Waals surface area contributed by atoms with E-state index in [2.05, 4.69) is 15.3 Å². The molecule has 128 valence electrons. The lowest BCUT2D eigenvalue weighted by atomic mass is 10.2. The maximum atomic E-state index is 13.1. The number of nitrogens with one attached hydrogen (secondary N) is 2. The minimum atomic E-state index is -0.960. The number of aromatic nitrogens is 2. The second-order valence-electron chi connectivity index (χ2n) is 5.55. The molecule has 3 rings (SSSR count). The van der Waals surface area contributed by atoms with Crippen LogP contribution in [0.2, 0.25) is 0 Å². The van der Waals surface area contributed by atoms with Crippen molar-refractivity contribution >= 4 is 16.9 Å². The van der Waals surface area contributed by atoms with Gasteiger partial charge in [0.25, 0.3) is 5.56 Å². The third-order valence-corrected chi connectivity index (χ3v) is 3.73. The molecule has 0 bridgehead atoms. The van der Waals surface area contributed by atoms with Gasteiger partial charge in [-0.3, -0.25) is 9.59 Å². The van der Waals surface area contributed by atoms with Gasteiger partial charge in [0.2, 0.25) is 5.91 Å². The van der Waals surface area contributed by atoms with E-state index in [4.69, 9.17) is 0 Å². The first kappa shape index (κ1) is 16.8. The van der Waals surface area contributed by atoms with E-state index in [9.17, 15) is 18.4 Å². The summed E-state index contributed by atoms with van der Waals surface area (Å²) in [6.45, 7) is 0.0809. The lowest BCUT2D eigenvalue weighted by Crippen LogP contribution is -2.24. The molecule has 0 aliphatic heterocycles. The molecule has 0 unspecified atom stereocenters. The largest absolute Gasteiger partial charge is 0.352 e. The summed E-state index contributed by atoms with van der Waals surface area (Å²) in [7, 11) is 0. The van der Waals surface area contributed by atoms with E-state index in [0.717, 1.165) is 12.1 Å². The number of amides is 1. The van der Waals surface area contributed by atoms with E-state index in [1.807, 2.05) is 6.07 Å². The SMILES string of the molecule is O=C(CCc1nc2ccccc2[nH]c1=O)NCc1ccc(F)c(F)c1. The molecule has 3 aromatic rings. The van der Waals surface area contributed by atoms with Gasteiger partial charge in [-0.05, 0) is 29.8 Å². The molecule has 1 aromatic heterocycles. The number of rotatable bonds is 5. The van der Waals surface area contributed by atoms with Crippen molar-refractivity contribution in [1.82, 2.24) is 15.3 Å². The van der Waals surface area contributed by atoms with Crippen molar-refractivity contribution in [3.05, 3.63) is 75.7 Å². The highest BCUT2D eigenvalue weighted by molar-refractivity contribution is 5.76. The van der Waals surface area contributed by atoms with Crippen molar-refractivity contribution in [2.45, 2.75) is 19.4 Å². The highest BCUT2D eigenvalue weighted by Crippen LogP contribution is 2.09. The number of halogens is 2. The quantitative estimate of drug-likeness (QED) is 0.747. The molecule has 1 amide bonds. The van der Waals surface area contributed by atoms with Gasteiger partial charge in [-0.15, -0.1) is 0 Å². The predicted octanol–water partition coefficient (Wildman–Crippen LogP) is 2.45. The number of fused-ring (bicyclic) bond motifs is 1. The Balaban J connectivity index is 1.59. The van der Waals surface area contributed by atoms with Gasteiger partial charge >= 0.3 is 0 Å². The number of para-hydroxylation sites is 2. The summed E-state index contributed by atoms with van der Waals surface area (Å²) in [4.78, 5) is 30.9. The summed E-state index contributed by atoms with van der Waals surface area (Å²) in [6.07, 6.45) is 0.252. The van der Waals surface area contributed by atoms with Gasteiger partial charge in [0, 0.05) is 19.4 Å². The second kappa shape index (κ2) is 7.21. The minimum Gasteiger partial charge on any atom is -0.352 e. The van der Waals surface area contributed by atoms with Gasteiger partial charge in [0.05, 0.1) is 11.0 Å². The Kier molecular flexibility index (Phi) is 4.83. The summed E-state index contributed by atoms with van der Waals surface area (Å²) < 4.78 is 26.0. The molecule has 1 heterocycles. The number of benzene rings is 2. The van der Waals surface area contributed by atoms with Crippen molar-refractivity contribution < 1.29 is 13.6 Å². The van der Waals surface area contributed by atoms with E-state index < -0.39 is 11.6 Å². The van der Waals surface area contributed by atoms with Gasteiger partial charge in [-0.1, -0.05) is 18.2 Å². The number of nitrogens with zero attached hydrogens (tertiary/aromatic N) is 1. The molecule has 0 aliphatic rings. The molecule has 0 saturated carbocycles. The average molecular weight is 343 g/mol. The Morgan fingerprint density at radius 3 is 2.72 bits per heavy atom. The third-order valence-electron chi connectivity index (χ3n) is 3.73. The summed E-state index contributed by atoms with van der Waals surface area (Å²) in [5, 5.41) is 2.60. The van der Waals surface area contributed by atoms with Crippen LogP contribution in [0.3, 0.4) is 0 Å². The molecule has 0 spiro atoms. The lowest BCUT2D eigenvalue weighted by Gasteiger charge is -2.06. The Bertz CT molecular complexity index is 985. The maximum Gasteiger partial charge on any atom is 0.270 e. The number of aromatic amines is 1. The third kappa shape index (κ3) is 4.06. The zero-order valence-electron chi connectivity index (χ0n) is 13.2. The zero-order valence-corrected chi connectivity index (χ0v) is 13.2. The van der Waals surface area contributed by atoms with Crippen LogP contribution in [0.25, 0.3) is 11.0 Å². The summed E-state index contributed by atoms with van der Waals surface area (Å²) in [5.41, 5.74) is 1.70. The van der Waals surface area contributed by atoms with Gasteiger partial charge in [-0.25, -0.2) is 13.8 Å². The Hall–Kier alpha value is -3.09. The fraction of sp³-hybridized carbons (Fsp3) is 0.167. The number of hydrogen-bond donors (Lipinski definition) is 2. The first-order valence-electron chi connectivity index (χ1n) is 7.71. The minimum absolute atomic E-state index is 0.0676. The number of aryl methyl sites for hydroxylation is 1. The van der Waals surface area contributed by atoms with Crippen LogP contribution in [0.1, 0.15) is 17.7 Å². The smallest absolute Gasteiger partial charge is 0.270 e. The summed E-state index contributed by atoms with van der Waals surface area (Å²) >= 11 is 0. The summed E-state index contributed by atoms with van der Waals surface area (Å²) in [5.74, 6) is -2.20. The van der Waals surface area contributed by atoms with Crippen LogP contribution in [0.15, 0.2) is 47.3 Å². The standard InChI is InChI=1S/C18H15F2N3O2/c19-12-6-5-11(9-13(12)20)10-21-17(24)8-7-16-18(25)23-15-4-2-1-3-14(15)22-16/h1-6,9H,7-8,10H2,(H,21,24)(H,23,25). The first-order valence-corrected chi connectivity index (χ1v) is 7.71. The van der Waals surface area contributed by atoms with E-state index in [1.165, 1.54) is 6.07 Å². The molecule has 2 aromatic carbocycles. The van der Waals surface area contributed by atoms with Crippen LogP contribution in [0.4, 0.5) is 8.78 Å². The van der Waals surface area contributed by atoms with Crippen LogP contribution in [-0.2, 0) is 17.8 Å². The molecule has 0 radical (unpaired) electrons. The number of carbonyl (C=O) groups excluding carboxylic acids is 1. The van der Waals surface area contributed by atoms with Crippen LogP contribution in [-0.4, -0.2) is 15.9 Å². The van der Waals surface area contributed by atoms with Gasteiger partial charge in [-0.2, -0.15) is 0 Å². The number of carbonyl (C=O) groups is 1. The van der Waals surface area contributed by atoms with E-state index in [-0.39, 0.29) is 36.5 Å².